The second-order valence-electron chi connectivity index (χ2n) is 7.48. The van der Waals surface area contributed by atoms with Crippen molar-refractivity contribution in [3.8, 4) is 0 Å². The molecule has 8 nitrogen and oxygen atoms in total. The van der Waals surface area contributed by atoms with E-state index in [9.17, 15) is 5.11 Å². The van der Waals surface area contributed by atoms with Crippen LogP contribution in [0.1, 0.15) is 34.4 Å². The quantitative estimate of drug-likeness (QED) is 0.585. The first kappa shape index (κ1) is 17.2. The smallest absolute Gasteiger partial charge is 0.139 e. The van der Waals surface area contributed by atoms with Crippen LogP contribution in [0.5, 0.6) is 0 Å². The molecule has 0 unspecified atom stereocenters. The summed E-state index contributed by atoms with van der Waals surface area (Å²) in [6, 6.07) is 7.95. The van der Waals surface area contributed by atoms with Gasteiger partial charge in [-0.2, -0.15) is 10.2 Å². The van der Waals surface area contributed by atoms with Crippen LogP contribution < -0.4 is 0 Å². The summed E-state index contributed by atoms with van der Waals surface area (Å²) in [7, 11) is 1.83. The van der Waals surface area contributed by atoms with Crippen LogP contribution >= 0.6 is 0 Å². The zero-order valence-corrected chi connectivity index (χ0v) is 16.0. The molecule has 4 aromatic heterocycles. The summed E-state index contributed by atoms with van der Waals surface area (Å²) in [5.41, 5.74) is 5.79. The number of imidazole rings is 1. The number of aromatic nitrogens is 6. The average Bonchev–Trinajstić information content (AvgIpc) is 3.38. The predicted molar refractivity (Wildman–Crippen MR) is 104 cm³/mol. The van der Waals surface area contributed by atoms with E-state index < -0.39 is 6.10 Å². The molecule has 0 radical (unpaired) electrons. The van der Waals surface area contributed by atoms with Gasteiger partial charge < -0.3 is 9.51 Å². The second-order valence-corrected chi connectivity index (χ2v) is 7.48. The topological polar surface area (TPSA) is 76.4 Å². The van der Waals surface area contributed by atoms with E-state index in [1.807, 2.05) is 23.9 Å². The van der Waals surface area contributed by atoms with Gasteiger partial charge in [-0.3, -0.25) is 14.3 Å². The van der Waals surface area contributed by atoms with Crippen LogP contribution in [0.4, 0.5) is 0 Å². The molecule has 1 aliphatic rings. The number of rotatable bonds is 4. The standard InChI is InChI=1S/C20H23N7O/c1-14-3-4-19-22-15(12-26(19)10-14)11-25-7-8-27-16(13-25)9-17(23-27)20(28)18-5-6-21-24(18)2/h3-6,9-10,12,20,28H,7-8,11,13H2,1-2H3/t20-/m0/s1. The van der Waals surface area contributed by atoms with Gasteiger partial charge in [-0.05, 0) is 30.7 Å². The van der Waals surface area contributed by atoms with Crippen molar-refractivity contribution in [2.75, 3.05) is 6.54 Å². The molecule has 0 aliphatic carbocycles. The van der Waals surface area contributed by atoms with E-state index >= 15 is 0 Å². The van der Waals surface area contributed by atoms with Crippen molar-refractivity contribution >= 4 is 5.65 Å². The molecule has 5 heterocycles. The van der Waals surface area contributed by atoms with Crippen LogP contribution in [0.2, 0.25) is 0 Å². The van der Waals surface area contributed by atoms with Crippen molar-refractivity contribution in [1.29, 1.82) is 0 Å². The maximum absolute atomic E-state index is 10.7. The van der Waals surface area contributed by atoms with E-state index in [2.05, 4.69) is 50.9 Å². The Morgan fingerprint density at radius 2 is 2.07 bits per heavy atom. The fourth-order valence-electron chi connectivity index (χ4n) is 3.88. The highest BCUT2D eigenvalue weighted by Gasteiger charge is 2.23. The monoisotopic (exact) mass is 377 g/mol. The highest BCUT2D eigenvalue weighted by Crippen LogP contribution is 2.24. The summed E-state index contributed by atoms with van der Waals surface area (Å²) in [5, 5.41) is 19.4. The van der Waals surface area contributed by atoms with Gasteiger partial charge >= 0.3 is 0 Å². The molecule has 8 heteroatoms. The fourth-order valence-corrected chi connectivity index (χ4v) is 3.88. The third-order valence-corrected chi connectivity index (χ3v) is 5.35. The summed E-state index contributed by atoms with van der Waals surface area (Å²) in [6.07, 6.45) is 5.13. The lowest BCUT2D eigenvalue weighted by molar-refractivity contribution is 0.195. The van der Waals surface area contributed by atoms with Crippen LogP contribution in [0.15, 0.2) is 42.9 Å². The Morgan fingerprint density at radius 3 is 2.89 bits per heavy atom. The molecular weight excluding hydrogens is 354 g/mol. The van der Waals surface area contributed by atoms with Crippen LogP contribution in [0.25, 0.3) is 5.65 Å². The Labute approximate surface area is 162 Å². The van der Waals surface area contributed by atoms with Crippen LogP contribution in [-0.2, 0) is 26.7 Å². The Bertz CT molecular complexity index is 1140. The van der Waals surface area contributed by atoms with Gasteiger partial charge in [0.1, 0.15) is 11.8 Å². The van der Waals surface area contributed by atoms with Gasteiger partial charge in [0, 0.05) is 45.3 Å². The van der Waals surface area contributed by atoms with E-state index in [-0.39, 0.29) is 0 Å². The van der Waals surface area contributed by atoms with Crippen molar-refractivity contribution < 1.29 is 5.11 Å². The molecule has 1 atom stereocenters. The van der Waals surface area contributed by atoms with Crippen molar-refractivity contribution in [1.82, 2.24) is 33.8 Å². The average molecular weight is 377 g/mol. The van der Waals surface area contributed by atoms with Gasteiger partial charge in [0.05, 0.1) is 29.3 Å². The lowest BCUT2D eigenvalue weighted by Crippen LogP contribution is -2.33. The number of aliphatic hydroxyl groups excluding tert-OH is 1. The summed E-state index contributed by atoms with van der Waals surface area (Å²) < 4.78 is 5.76. The zero-order chi connectivity index (χ0) is 19.3. The summed E-state index contributed by atoms with van der Waals surface area (Å²) in [6.45, 7) is 5.38. The number of fused-ring (bicyclic) bond motifs is 2. The van der Waals surface area contributed by atoms with E-state index in [0.717, 1.165) is 48.9 Å². The fraction of sp³-hybridized carbons (Fsp3) is 0.350. The highest BCUT2D eigenvalue weighted by molar-refractivity contribution is 5.41. The molecule has 0 aromatic carbocycles. The van der Waals surface area contributed by atoms with Crippen molar-refractivity contribution in [2.45, 2.75) is 32.7 Å². The van der Waals surface area contributed by atoms with Crippen LogP contribution in [0.3, 0.4) is 0 Å². The molecule has 0 fully saturated rings. The van der Waals surface area contributed by atoms with Gasteiger partial charge in [-0.1, -0.05) is 6.07 Å². The van der Waals surface area contributed by atoms with E-state index in [0.29, 0.717) is 5.69 Å². The number of nitrogens with zero attached hydrogens (tertiary/aromatic N) is 7. The van der Waals surface area contributed by atoms with Gasteiger partial charge in [-0.15, -0.1) is 0 Å². The van der Waals surface area contributed by atoms with Gasteiger partial charge in [0.15, 0.2) is 0 Å². The molecule has 0 saturated carbocycles. The molecule has 1 aliphatic heterocycles. The van der Waals surface area contributed by atoms with Gasteiger partial charge in [0.2, 0.25) is 0 Å². The van der Waals surface area contributed by atoms with E-state index in [1.165, 1.54) is 5.56 Å². The molecule has 5 rings (SSSR count). The number of aliphatic hydroxyl groups is 1. The van der Waals surface area contributed by atoms with Gasteiger partial charge in [-0.25, -0.2) is 4.98 Å². The molecule has 28 heavy (non-hydrogen) atoms. The first-order chi connectivity index (χ1) is 13.6. The first-order valence-corrected chi connectivity index (χ1v) is 9.46. The molecule has 0 spiro atoms. The molecule has 0 amide bonds. The predicted octanol–water partition coefficient (Wildman–Crippen LogP) is 1.67. The Balaban J connectivity index is 1.33. The molecular formula is C20H23N7O. The molecule has 144 valence electrons. The third kappa shape index (κ3) is 3.00. The summed E-state index contributed by atoms with van der Waals surface area (Å²) in [5.74, 6) is 0. The Kier molecular flexibility index (Phi) is 4.03. The largest absolute Gasteiger partial charge is 0.380 e. The number of aryl methyl sites for hydroxylation is 2. The maximum atomic E-state index is 10.7. The normalized spacial score (nSPS) is 15.8. The number of hydrogen-bond donors (Lipinski definition) is 1. The van der Waals surface area contributed by atoms with Gasteiger partial charge in [0.25, 0.3) is 0 Å². The highest BCUT2D eigenvalue weighted by atomic mass is 16.3. The minimum atomic E-state index is -0.763. The molecule has 0 bridgehead atoms. The first-order valence-electron chi connectivity index (χ1n) is 9.46. The van der Waals surface area contributed by atoms with E-state index in [4.69, 9.17) is 4.98 Å². The third-order valence-electron chi connectivity index (χ3n) is 5.35. The van der Waals surface area contributed by atoms with E-state index in [1.54, 1.807) is 10.9 Å². The number of pyridine rings is 1. The lowest BCUT2D eigenvalue weighted by Gasteiger charge is -2.26. The van der Waals surface area contributed by atoms with Crippen LogP contribution in [-0.4, -0.2) is 45.5 Å². The zero-order valence-electron chi connectivity index (χ0n) is 16.0. The lowest BCUT2D eigenvalue weighted by atomic mass is 10.1. The van der Waals surface area contributed by atoms with Crippen molar-refractivity contribution in [3.63, 3.8) is 0 Å². The van der Waals surface area contributed by atoms with Crippen LogP contribution in [0, 0.1) is 6.92 Å². The summed E-state index contributed by atoms with van der Waals surface area (Å²) in [4.78, 5) is 7.10. The van der Waals surface area contributed by atoms with Crippen molar-refractivity contribution in [3.05, 3.63) is 71.2 Å². The maximum Gasteiger partial charge on any atom is 0.139 e. The van der Waals surface area contributed by atoms with Crippen molar-refractivity contribution in [2.24, 2.45) is 7.05 Å². The summed E-state index contributed by atoms with van der Waals surface area (Å²) >= 11 is 0. The molecule has 1 N–H and O–H groups in total. The minimum Gasteiger partial charge on any atom is -0.380 e. The molecule has 4 aromatic rings. The second kappa shape index (κ2) is 6.57. The SMILES string of the molecule is Cc1ccc2nc(CN3CCn4nc([C@H](O)c5ccnn5C)cc4C3)cn2c1. The Morgan fingerprint density at radius 1 is 1.18 bits per heavy atom. The Hall–Kier alpha value is -2.97. The molecule has 0 saturated heterocycles. The minimum absolute atomic E-state index is 0.670. The number of hydrogen-bond acceptors (Lipinski definition) is 5.